The summed E-state index contributed by atoms with van der Waals surface area (Å²) < 4.78 is 59.8. The maximum Gasteiger partial charge on any atom is 0.240 e. The fraction of sp³-hybridized carbons (Fsp3) is 0.500. The minimum Gasteiger partial charge on any atom is -0.454 e. The Kier molecular flexibility index (Phi) is 3.58. The van der Waals surface area contributed by atoms with Gasteiger partial charge in [-0.3, -0.25) is 0 Å². The molecule has 0 aromatic heterocycles. The van der Waals surface area contributed by atoms with Crippen LogP contribution in [0.4, 0.5) is 0 Å². The van der Waals surface area contributed by atoms with Crippen LogP contribution in [0.1, 0.15) is 6.42 Å². The summed E-state index contributed by atoms with van der Waals surface area (Å²) in [6.07, 6.45) is 0.492. The van der Waals surface area contributed by atoms with Gasteiger partial charge in [0, 0.05) is 12.6 Å². The summed E-state index contributed by atoms with van der Waals surface area (Å²) in [6.45, 7) is 0.197. The van der Waals surface area contributed by atoms with Gasteiger partial charge < -0.3 is 9.47 Å². The van der Waals surface area contributed by atoms with Gasteiger partial charge in [0.25, 0.3) is 0 Å². The van der Waals surface area contributed by atoms with Crippen molar-refractivity contribution in [2.75, 3.05) is 24.8 Å². The average Bonchev–Trinajstić information content (AvgIpc) is 3.01. The van der Waals surface area contributed by atoms with E-state index in [1.54, 1.807) is 0 Å². The van der Waals surface area contributed by atoms with Crippen molar-refractivity contribution in [3.8, 4) is 11.5 Å². The Morgan fingerprint density at radius 1 is 1.24 bits per heavy atom. The monoisotopic (exact) mass is 333 g/mol. The highest BCUT2D eigenvalue weighted by molar-refractivity contribution is 7.91. The van der Waals surface area contributed by atoms with Crippen molar-refractivity contribution in [3.05, 3.63) is 18.2 Å². The van der Waals surface area contributed by atoms with Crippen LogP contribution in [0.5, 0.6) is 11.5 Å². The van der Waals surface area contributed by atoms with Gasteiger partial charge in [-0.05, 0) is 24.5 Å². The first kappa shape index (κ1) is 14.6. The minimum atomic E-state index is -3.69. The summed E-state index contributed by atoms with van der Waals surface area (Å²) in [7, 11) is -6.69. The first-order valence-electron chi connectivity index (χ1n) is 6.45. The van der Waals surface area contributed by atoms with E-state index in [2.05, 4.69) is 4.72 Å². The van der Waals surface area contributed by atoms with Gasteiger partial charge in [-0.25, -0.2) is 21.6 Å². The molecular weight excluding hydrogens is 318 g/mol. The van der Waals surface area contributed by atoms with E-state index in [1.165, 1.54) is 18.2 Å². The predicted molar refractivity (Wildman–Crippen MR) is 74.5 cm³/mol. The number of fused-ring (bicyclic) bond motifs is 1. The Morgan fingerprint density at radius 2 is 2.00 bits per heavy atom. The highest BCUT2D eigenvalue weighted by Gasteiger charge is 2.29. The van der Waals surface area contributed by atoms with E-state index in [0.29, 0.717) is 17.9 Å². The molecule has 116 valence electrons. The number of ether oxygens (including phenoxy) is 2. The Labute approximate surface area is 123 Å². The molecule has 7 nitrogen and oxygen atoms in total. The van der Waals surface area contributed by atoms with Crippen LogP contribution in [0.25, 0.3) is 0 Å². The van der Waals surface area contributed by atoms with Gasteiger partial charge >= 0.3 is 0 Å². The fourth-order valence-electron chi connectivity index (χ4n) is 2.39. The summed E-state index contributed by atoms with van der Waals surface area (Å²) >= 11 is 0. The number of hydrogen-bond donors (Lipinski definition) is 1. The number of nitrogens with one attached hydrogen (secondary N) is 1. The Bertz CT molecular complexity index is 756. The second kappa shape index (κ2) is 5.15. The molecule has 1 N–H and O–H groups in total. The summed E-state index contributed by atoms with van der Waals surface area (Å²) in [4.78, 5) is 0.0765. The van der Waals surface area contributed by atoms with Gasteiger partial charge in [0.05, 0.1) is 16.4 Å². The molecule has 0 spiro atoms. The van der Waals surface area contributed by atoms with E-state index in [1.807, 2.05) is 0 Å². The highest BCUT2D eigenvalue weighted by atomic mass is 32.2. The molecule has 0 aliphatic carbocycles. The number of rotatable bonds is 4. The average molecular weight is 333 g/mol. The summed E-state index contributed by atoms with van der Waals surface area (Å²) in [5.41, 5.74) is 0. The van der Waals surface area contributed by atoms with E-state index >= 15 is 0 Å². The molecule has 1 unspecified atom stereocenters. The van der Waals surface area contributed by atoms with Crippen LogP contribution in [0, 0.1) is 5.92 Å². The molecule has 0 saturated carbocycles. The van der Waals surface area contributed by atoms with Crippen molar-refractivity contribution in [2.24, 2.45) is 5.92 Å². The highest BCUT2D eigenvalue weighted by Crippen LogP contribution is 2.33. The van der Waals surface area contributed by atoms with Crippen LogP contribution in [-0.4, -0.2) is 41.7 Å². The predicted octanol–water partition coefficient (Wildman–Crippen LogP) is 0.128. The Morgan fingerprint density at radius 3 is 2.71 bits per heavy atom. The molecular formula is C12H15NO6S2. The maximum atomic E-state index is 12.2. The summed E-state index contributed by atoms with van der Waals surface area (Å²) in [5, 5.41) is 0. The van der Waals surface area contributed by atoms with Crippen LogP contribution in [0.3, 0.4) is 0 Å². The molecule has 2 aliphatic rings. The number of benzene rings is 1. The third-order valence-electron chi connectivity index (χ3n) is 3.54. The van der Waals surface area contributed by atoms with E-state index in [4.69, 9.17) is 9.47 Å². The second-order valence-corrected chi connectivity index (χ2v) is 9.13. The van der Waals surface area contributed by atoms with Gasteiger partial charge in [-0.2, -0.15) is 0 Å². The number of hydrogen-bond acceptors (Lipinski definition) is 6. The molecule has 0 amide bonds. The van der Waals surface area contributed by atoms with Crippen LogP contribution in [0.2, 0.25) is 0 Å². The SMILES string of the molecule is O=S1(=O)CCC(CNS(=O)(=O)c2ccc3c(c2)OCO3)C1. The van der Waals surface area contributed by atoms with Crippen molar-refractivity contribution >= 4 is 19.9 Å². The molecule has 2 heterocycles. The van der Waals surface area contributed by atoms with Crippen LogP contribution in [-0.2, 0) is 19.9 Å². The lowest BCUT2D eigenvalue weighted by molar-refractivity contribution is 0.174. The molecule has 1 saturated heterocycles. The van der Waals surface area contributed by atoms with E-state index in [-0.39, 0.29) is 35.7 Å². The smallest absolute Gasteiger partial charge is 0.240 e. The maximum absolute atomic E-state index is 12.2. The van der Waals surface area contributed by atoms with E-state index in [0.717, 1.165) is 0 Å². The molecule has 1 aromatic rings. The van der Waals surface area contributed by atoms with Crippen molar-refractivity contribution in [1.82, 2.24) is 4.72 Å². The standard InChI is InChI=1S/C12H15NO6S2/c14-20(15)4-3-9(7-20)6-13-21(16,17)10-1-2-11-12(5-10)19-8-18-11/h1-2,5,9,13H,3-4,6-8H2. The quantitative estimate of drug-likeness (QED) is 0.841. The second-order valence-electron chi connectivity index (χ2n) is 5.14. The lowest BCUT2D eigenvalue weighted by Gasteiger charge is -2.10. The minimum absolute atomic E-state index is 0.0384. The zero-order valence-corrected chi connectivity index (χ0v) is 12.7. The van der Waals surface area contributed by atoms with Crippen molar-refractivity contribution in [3.63, 3.8) is 0 Å². The van der Waals surface area contributed by atoms with E-state index in [9.17, 15) is 16.8 Å². The van der Waals surface area contributed by atoms with Crippen molar-refractivity contribution < 1.29 is 26.3 Å². The number of sulfone groups is 1. The van der Waals surface area contributed by atoms with Gasteiger partial charge in [0.2, 0.25) is 16.8 Å². The van der Waals surface area contributed by atoms with Gasteiger partial charge in [-0.1, -0.05) is 0 Å². The zero-order valence-electron chi connectivity index (χ0n) is 11.1. The van der Waals surface area contributed by atoms with Crippen LogP contribution >= 0.6 is 0 Å². The summed E-state index contributed by atoms with van der Waals surface area (Å²) in [5.74, 6) is 0.899. The number of sulfonamides is 1. The summed E-state index contributed by atoms with van der Waals surface area (Å²) in [6, 6.07) is 4.37. The van der Waals surface area contributed by atoms with Crippen molar-refractivity contribution in [1.29, 1.82) is 0 Å². The molecule has 1 fully saturated rings. The van der Waals surface area contributed by atoms with Crippen molar-refractivity contribution in [2.45, 2.75) is 11.3 Å². The third-order valence-corrected chi connectivity index (χ3v) is 6.80. The lowest BCUT2D eigenvalue weighted by Crippen LogP contribution is -2.29. The largest absolute Gasteiger partial charge is 0.454 e. The molecule has 9 heteroatoms. The Hall–Kier alpha value is -1.32. The molecule has 2 aliphatic heterocycles. The topological polar surface area (TPSA) is 98.8 Å². The lowest BCUT2D eigenvalue weighted by atomic mass is 10.1. The Balaban J connectivity index is 1.70. The molecule has 0 radical (unpaired) electrons. The van der Waals surface area contributed by atoms with Gasteiger partial charge in [0.1, 0.15) is 0 Å². The van der Waals surface area contributed by atoms with Crippen LogP contribution < -0.4 is 14.2 Å². The van der Waals surface area contributed by atoms with E-state index < -0.39 is 19.9 Å². The van der Waals surface area contributed by atoms with Gasteiger partial charge in [0.15, 0.2) is 21.3 Å². The normalized spacial score (nSPS) is 23.3. The molecule has 0 bridgehead atoms. The zero-order chi connectivity index (χ0) is 15.1. The molecule has 1 atom stereocenters. The van der Waals surface area contributed by atoms with Gasteiger partial charge in [-0.15, -0.1) is 0 Å². The molecule has 21 heavy (non-hydrogen) atoms. The third kappa shape index (κ3) is 3.14. The first-order valence-corrected chi connectivity index (χ1v) is 9.76. The molecule has 1 aromatic carbocycles. The molecule has 3 rings (SSSR count). The first-order chi connectivity index (χ1) is 9.86. The van der Waals surface area contributed by atoms with Crippen LogP contribution in [0.15, 0.2) is 23.1 Å². The fourth-order valence-corrected chi connectivity index (χ4v) is 5.38.